The van der Waals surface area contributed by atoms with Gasteiger partial charge in [0, 0.05) is 12.8 Å². The fraction of sp³-hybridized carbons (Fsp3) is 0.667. The minimum Gasteiger partial charge on any atom is -0.316 e. The lowest BCUT2D eigenvalue weighted by Gasteiger charge is -2.32. The molecule has 0 bridgehead atoms. The molecule has 0 saturated carbocycles. The van der Waals surface area contributed by atoms with Crippen LogP contribution in [0.2, 0.25) is 0 Å². The molecule has 108 valence electrons. The number of nitrogens with one attached hydrogen (secondary N) is 1. The topological polar surface area (TPSA) is 134 Å². The van der Waals surface area contributed by atoms with Crippen LogP contribution < -0.4 is 16.8 Å². The van der Waals surface area contributed by atoms with Crippen LogP contribution in [0.25, 0.3) is 0 Å². The zero-order valence-electron chi connectivity index (χ0n) is 10.2. The van der Waals surface area contributed by atoms with Crippen molar-refractivity contribution in [3.8, 4) is 0 Å². The summed E-state index contributed by atoms with van der Waals surface area (Å²) in [7, 11) is -4.53. The summed E-state index contributed by atoms with van der Waals surface area (Å²) >= 11 is 0. The van der Waals surface area contributed by atoms with Gasteiger partial charge in [0.2, 0.25) is 0 Å². The summed E-state index contributed by atoms with van der Waals surface area (Å²) in [5.41, 5.74) is 11.6. The molecule has 1 fully saturated rings. The lowest BCUT2D eigenvalue weighted by Crippen LogP contribution is -2.57. The molecular weight excluding hydrogens is 274 g/mol. The van der Waals surface area contributed by atoms with E-state index in [0.29, 0.717) is 12.8 Å². The Morgan fingerprint density at radius 2 is 2.00 bits per heavy atom. The molecule has 9 nitrogen and oxygen atoms in total. The van der Waals surface area contributed by atoms with Crippen molar-refractivity contribution in [1.29, 1.82) is 0 Å². The first-order chi connectivity index (χ1) is 8.83. The fourth-order valence-electron chi connectivity index (χ4n) is 2.23. The highest BCUT2D eigenvalue weighted by Gasteiger charge is 2.31. The first-order valence-electron chi connectivity index (χ1n) is 5.83. The average molecular weight is 292 g/mol. The van der Waals surface area contributed by atoms with Gasteiger partial charge < -0.3 is 11.5 Å². The van der Waals surface area contributed by atoms with Crippen molar-refractivity contribution in [1.82, 2.24) is 10.4 Å². The van der Waals surface area contributed by atoms with Crippen LogP contribution in [-0.2, 0) is 14.7 Å². The molecular formula is C9H18N5O4S+. The summed E-state index contributed by atoms with van der Waals surface area (Å²) in [4.78, 5) is 0. The normalized spacial score (nSPS) is 32.3. The van der Waals surface area contributed by atoms with Crippen LogP contribution in [0.3, 0.4) is 0 Å². The molecule has 0 aliphatic carbocycles. The van der Waals surface area contributed by atoms with E-state index in [9.17, 15) is 8.42 Å². The van der Waals surface area contributed by atoms with Gasteiger partial charge in [-0.15, -0.1) is 0 Å². The van der Waals surface area contributed by atoms with Crippen LogP contribution in [-0.4, -0.2) is 53.9 Å². The molecule has 2 aliphatic rings. The number of rotatable bonds is 3. The molecule has 1 saturated heterocycles. The van der Waals surface area contributed by atoms with Crippen molar-refractivity contribution in [2.45, 2.75) is 31.2 Å². The average Bonchev–Trinajstić information content (AvgIpc) is 2.25. The summed E-state index contributed by atoms with van der Waals surface area (Å²) < 4.78 is 36.1. The molecule has 0 aromatic rings. The SMILES string of the molecule is NC1CC([N+]2=CN(OS(=O)(=O)O)CC=C2)CC(N)N1. The van der Waals surface area contributed by atoms with E-state index >= 15 is 0 Å². The predicted octanol–water partition coefficient (Wildman–Crippen LogP) is -2.09. The highest BCUT2D eigenvalue weighted by molar-refractivity contribution is 7.80. The number of nitrogens with two attached hydrogens (primary N) is 2. The number of hydrogen-bond donors (Lipinski definition) is 4. The molecule has 6 N–H and O–H groups in total. The molecule has 2 atom stereocenters. The van der Waals surface area contributed by atoms with Crippen LogP contribution in [0.5, 0.6) is 0 Å². The third-order valence-corrected chi connectivity index (χ3v) is 3.30. The Hall–Kier alpha value is -1.04. The third-order valence-electron chi connectivity index (χ3n) is 2.92. The molecule has 0 aromatic heterocycles. The molecule has 0 aromatic carbocycles. The Morgan fingerprint density at radius 3 is 2.58 bits per heavy atom. The zero-order valence-corrected chi connectivity index (χ0v) is 11.0. The Balaban J connectivity index is 2.08. The molecule has 10 heteroatoms. The van der Waals surface area contributed by atoms with E-state index in [1.54, 1.807) is 16.9 Å². The molecule has 2 unspecified atom stereocenters. The van der Waals surface area contributed by atoms with Crippen molar-refractivity contribution in [2.24, 2.45) is 11.5 Å². The van der Waals surface area contributed by atoms with E-state index in [2.05, 4.69) is 9.60 Å². The first-order valence-corrected chi connectivity index (χ1v) is 7.20. The van der Waals surface area contributed by atoms with Gasteiger partial charge in [0.15, 0.2) is 0 Å². The Labute approximate surface area is 111 Å². The molecule has 2 rings (SSSR count). The number of hydrogen-bond acceptors (Lipinski definition) is 7. The minimum atomic E-state index is -4.53. The lowest BCUT2D eigenvalue weighted by atomic mass is 10.0. The van der Waals surface area contributed by atoms with Crippen molar-refractivity contribution < 1.29 is 21.8 Å². The summed E-state index contributed by atoms with van der Waals surface area (Å²) in [6.45, 7) is 0.222. The van der Waals surface area contributed by atoms with E-state index in [4.69, 9.17) is 16.0 Å². The largest absolute Gasteiger partial charge is 0.434 e. The van der Waals surface area contributed by atoms with Gasteiger partial charge in [-0.1, -0.05) is 5.06 Å². The van der Waals surface area contributed by atoms with Crippen molar-refractivity contribution in [3.05, 3.63) is 12.3 Å². The van der Waals surface area contributed by atoms with Crippen LogP contribution in [0.15, 0.2) is 12.3 Å². The second kappa shape index (κ2) is 5.53. The van der Waals surface area contributed by atoms with Crippen LogP contribution >= 0.6 is 0 Å². The Morgan fingerprint density at radius 1 is 1.37 bits per heavy atom. The van der Waals surface area contributed by atoms with Gasteiger partial charge in [-0.2, -0.15) is 8.42 Å². The van der Waals surface area contributed by atoms with Gasteiger partial charge >= 0.3 is 10.4 Å². The van der Waals surface area contributed by atoms with Crippen molar-refractivity contribution >= 4 is 16.7 Å². The van der Waals surface area contributed by atoms with Crippen molar-refractivity contribution in [2.75, 3.05) is 6.54 Å². The second-order valence-electron chi connectivity index (χ2n) is 4.55. The standard InChI is InChI=1S/C9H17N5O4S/c10-8-4-7(5-9(11)12-8)13-2-1-3-14(6-13)18-19(15,16)17/h1-2,6-9,12H,3-5,10-11H2/p+1. The maximum absolute atomic E-state index is 10.7. The van der Waals surface area contributed by atoms with Crippen LogP contribution in [0.4, 0.5) is 0 Å². The summed E-state index contributed by atoms with van der Waals surface area (Å²) in [5.74, 6) is 0. The van der Waals surface area contributed by atoms with Gasteiger partial charge in [0.1, 0.15) is 12.6 Å². The molecule has 0 spiro atoms. The highest BCUT2D eigenvalue weighted by Crippen LogP contribution is 2.14. The van der Waals surface area contributed by atoms with E-state index in [0.717, 1.165) is 5.06 Å². The third kappa shape index (κ3) is 4.23. The van der Waals surface area contributed by atoms with Gasteiger partial charge in [-0.3, -0.25) is 9.87 Å². The van der Waals surface area contributed by atoms with Gasteiger partial charge in [0.05, 0.1) is 18.5 Å². The molecule has 2 aliphatic heterocycles. The van der Waals surface area contributed by atoms with E-state index in [1.807, 2.05) is 0 Å². The van der Waals surface area contributed by atoms with E-state index < -0.39 is 10.4 Å². The number of piperidine rings is 1. The minimum absolute atomic E-state index is 0.0373. The highest BCUT2D eigenvalue weighted by atomic mass is 32.3. The second-order valence-corrected chi connectivity index (χ2v) is 5.56. The quantitative estimate of drug-likeness (QED) is 0.344. The summed E-state index contributed by atoms with van der Waals surface area (Å²) in [6, 6.07) is 0.0373. The molecule has 0 amide bonds. The molecule has 2 heterocycles. The maximum atomic E-state index is 10.7. The summed E-state index contributed by atoms with van der Waals surface area (Å²) in [6.07, 6.45) is 5.87. The van der Waals surface area contributed by atoms with Gasteiger partial charge in [-0.05, 0) is 10.4 Å². The Bertz CT molecular complexity index is 481. The van der Waals surface area contributed by atoms with Crippen LogP contribution in [0, 0.1) is 0 Å². The lowest BCUT2D eigenvalue weighted by molar-refractivity contribution is -0.511. The predicted molar refractivity (Wildman–Crippen MR) is 66.9 cm³/mol. The zero-order chi connectivity index (χ0) is 14.0. The van der Waals surface area contributed by atoms with Gasteiger partial charge in [0.25, 0.3) is 6.34 Å². The maximum Gasteiger partial charge on any atom is 0.434 e. The van der Waals surface area contributed by atoms with E-state index in [1.165, 1.54) is 6.34 Å². The fourth-order valence-corrected chi connectivity index (χ4v) is 2.57. The Kier molecular flexibility index (Phi) is 4.18. The molecule has 0 radical (unpaired) electrons. The number of hydroxylamine groups is 2. The molecule has 19 heavy (non-hydrogen) atoms. The van der Waals surface area contributed by atoms with Gasteiger partial charge in [-0.25, -0.2) is 4.58 Å². The van der Waals surface area contributed by atoms with E-state index in [-0.39, 0.29) is 24.9 Å². The first kappa shape index (κ1) is 14.4. The smallest absolute Gasteiger partial charge is 0.316 e. The monoisotopic (exact) mass is 292 g/mol. The number of nitrogens with zero attached hydrogens (tertiary/aromatic N) is 2. The summed E-state index contributed by atoms with van der Waals surface area (Å²) in [5, 5.41) is 4.03. The van der Waals surface area contributed by atoms with Crippen molar-refractivity contribution in [3.63, 3.8) is 0 Å². The van der Waals surface area contributed by atoms with Crippen LogP contribution in [0.1, 0.15) is 12.8 Å².